The fourth-order valence-electron chi connectivity index (χ4n) is 2.59. The molecule has 0 bridgehead atoms. The van der Waals surface area contributed by atoms with Crippen molar-refractivity contribution >= 4 is 22.6 Å². The van der Waals surface area contributed by atoms with Gasteiger partial charge in [0, 0.05) is 19.0 Å². The van der Waals surface area contributed by atoms with Crippen LogP contribution in [0.1, 0.15) is 5.56 Å². The largest absolute Gasteiger partial charge is 0.497 e. The molecule has 25 heavy (non-hydrogen) atoms. The summed E-state index contributed by atoms with van der Waals surface area (Å²) in [5.41, 5.74) is 1.88. The van der Waals surface area contributed by atoms with Crippen molar-refractivity contribution in [1.29, 1.82) is 0 Å². The van der Waals surface area contributed by atoms with Crippen LogP contribution in [0.15, 0.2) is 54.9 Å². The Balaban J connectivity index is 1.61. The molecule has 0 radical (unpaired) electrons. The van der Waals surface area contributed by atoms with E-state index in [1.165, 1.54) is 6.33 Å². The zero-order valence-electron chi connectivity index (χ0n) is 14.3. The number of aromatic nitrogens is 2. The van der Waals surface area contributed by atoms with Gasteiger partial charge in [-0.25, -0.2) is 9.97 Å². The van der Waals surface area contributed by atoms with Crippen molar-refractivity contribution in [1.82, 2.24) is 15.3 Å². The number of benzene rings is 2. The Morgan fingerprint density at radius 2 is 1.88 bits per heavy atom. The molecule has 0 saturated heterocycles. The van der Waals surface area contributed by atoms with Gasteiger partial charge in [-0.15, -0.1) is 0 Å². The highest BCUT2D eigenvalue weighted by Gasteiger charge is 2.11. The van der Waals surface area contributed by atoms with Gasteiger partial charge in [-0.2, -0.15) is 0 Å². The lowest BCUT2D eigenvalue weighted by Crippen LogP contribution is -2.35. The van der Waals surface area contributed by atoms with Crippen LogP contribution < -0.4 is 15.0 Å². The smallest absolute Gasteiger partial charge is 0.239 e. The monoisotopic (exact) mass is 336 g/mol. The standard InChI is InChI=1S/C19H20N4O2/c1-23(19-16-5-3-4-6-17(16)21-13-22-19)12-18(24)20-11-14-7-9-15(25-2)10-8-14/h3-10,13H,11-12H2,1-2H3,(H,20,24). The van der Waals surface area contributed by atoms with Gasteiger partial charge < -0.3 is 15.0 Å². The van der Waals surface area contributed by atoms with Crippen LogP contribution in [0, 0.1) is 0 Å². The highest BCUT2D eigenvalue weighted by Crippen LogP contribution is 2.21. The first-order valence-electron chi connectivity index (χ1n) is 7.98. The van der Waals surface area contributed by atoms with Crippen LogP contribution in [-0.4, -0.2) is 36.6 Å². The molecule has 1 amide bonds. The molecule has 0 saturated carbocycles. The van der Waals surface area contributed by atoms with Gasteiger partial charge in [0.25, 0.3) is 0 Å². The number of carbonyl (C=O) groups excluding carboxylic acids is 1. The molecule has 0 unspecified atom stereocenters. The van der Waals surface area contributed by atoms with E-state index >= 15 is 0 Å². The van der Waals surface area contributed by atoms with Gasteiger partial charge in [0.1, 0.15) is 17.9 Å². The molecule has 0 spiro atoms. The normalized spacial score (nSPS) is 10.5. The van der Waals surface area contributed by atoms with Gasteiger partial charge >= 0.3 is 0 Å². The number of para-hydroxylation sites is 1. The second-order valence-corrected chi connectivity index (χ2v) is 5.70. The molecule has 1 aromatic heterocycles. The van der Waals surface area contributed by atoms with Gasteiger partial charge in [-0.3, -0.25) is 4.79 Å². The van der Waals surface area contributed by atoms with E-state index in [2.05, 4.69) is 15.3 Å². The van der Waals surface area contributed by atoms with Crippen molar-refractivity contribution in [2.24, 2.45) is 0 Å². The van der Waals surface area contributed by atoms with E-state index in [1.807, 2.05) is 60.5 Å². The third-order valence-corrected chi connectivity index (χ3v) is 3.91. The summed E-state index contributed by atoms with van der Waals surface area (Å²) in [6.07, 6.45) is 1.52. The molecule has 6 heteroatoms. The quantitative estimate of drug-likeness (QED) is 0.749. The van der Waals surface area contributed by atoms with Crippen molar-refractivity contribution in [3.63, 3.8) is 0 Å². The maximum absolute atomic E-state index is 12.2. The van der Waals surface area contributed by atoms with Gasteiger partial charge in [0.15, 0.2) is 0 Å². The minimum absolute atomic E-state index is 0.0685. The zero-order chi connectivity index (χ0) is 17.6. The van der Waals surface area contributed by atoms with Crippen LogP contribution in [0.3, 0.4) is 0 Å². The van der Waals surface area contributed by atoms with E-state index in [-0.39, 0.29) is 12.5 Å². The van der Waals surface area contributed by atoms with E-state index in [0.29, 0.717) is 6.54 Å². The molecular formula is C19H20N4O2. The van der Waals surface area contributed by atoms with E-state index in [4.69, 9.17) is 4.74 Å². The van der Waals surface area contributed by atoms with E-state index in [1.54, 1.807) is 7.11 Å². The van der Waals surface area contributed by atoms with Crippen molar-refractivity contribution < 1.29 is 9.53 Å². The number of nitrogens with zero attached hydrogens (tertiary/aromatic N) is 3. The Morgan fingerprint density at radius 3 is 2.64 bits per heavy atom. The van der Waals surface area contributed by atoms with Crippen LogP contribution in [0.5, 0.6) is 5.75 Å². The summed E-state index contributed by atoms with van der Waals surface area (Å²) < 4.78 is 5.13. The number of fused-ring (bicyclic) bond motifs is 1. The molecular weight excluding hydrogens is 316 g/mol. The Labute approximate surface area is 146 Å². The van der Waals surface area contributed by atoms with Gasteiger partial charge in [0.05, 0.1) is 19.2 Å². The van der Waals surface area contributed by atoms with Crippen molar-refractivity contribution in [3.8, 4) is 5.75 Å². The topological polar surface area (TPSA) is 67.3 Å². The molecule has 1 heterocycles. The lowest BCUT2D eigenvalue weighted by molar-refractivity contribution is -0.119. The van der Waals surface area contributed by atoms with Crippen LogP contribution in [0.25, 0.3) is 10.9 Å². The summed E-state index contributed by atoms with van der Waals surface area (Å²) >= 11 is 0. The summed E-state index contributed by atoms with van der Waals surface area (Å²) in [6.45, 7) is 0.693. The molecule has 2 aromatic carbocycles. The lowest BCUT2D eigenvalue weighted by Gasteiger charge is -2.19. The summed E-state index contributed by atoms with van der Waals surface area (Å²) in [5.74, 6) is 1.47. The first-order chi connectivity index (χ1) is 12.2. The number of rotatable bonds is 6. The highest BCUT2D eigenvalue weighted by atomic mass is 16.5. The summed E-state index contributed by atoms with van der Waals surface area (Å²) in [7, 11) is 3.48. The molecule has 1 N–H and O–H groups in total. The lowest BCUT2D eigenvalue weighted by atomic mass is 10.2. The fourth-order valence-corrected chi connectivity index (χ4v) is 2.59. The maximum Gasteiger partial charge on any atom is 0.239 e. The number of ether oxygens (including phenoxy) is 1. The predicted molar refractivity (Wildman–Crippen MR) is 97.6 cm³/mol. The van der Waals surface area contributed by atoms with Crippen LogP contribution in [-0.2, 0) is 11.3 Å². The Kier molecular flexibility index (Phi) is 5.09. The van der Waals surface area contributed by atoms with Crippen molar-refractivity contribution in [2.75, 3.05) is 25.6 Å². The Bertz CT molecular complexity index is 859. The Hall–Kier alpha value is -3.15. The molecule has 0 atom stereocenters. The van der Waals surface area contributed by atoms with Crippen molar-refractivity contribution in [2.45, 2.75) is 6.54 Å². The molecule has 3 aromatic rings. The third-order valence-electron chi connectivity index (χ3n) is 3.91. The predicted octanol–water partition coefficient (Wildman–Crippen LogP) is 2.39. The molecule has 128 valence electrons. The van der Waals surface area contributed by atoms with E-state index < -0.39 is 0 Å². The van der Waals surface area contributed by atoms with Crippen LogP contribution >= 0.6 is 0 Å². The van der Waals surface area contributed by atoms with Crippen LogP contribution in [0.4, 0.5) is 5.82 Å². The Morgan fingerprint density at radius 1 is 1.12 bits per heavy atom. The second-order valence-electron chi connectivity index (χ2n) is 5.70. The molecule has 6 nitrogen and oxygen atoms in total. The maximum atomic E-state index is 12.2. The first kappa shape index (κ1) is 16.7. The molecule has 0 aliphatic carbocycles. The molecule has 0 aliphatic rings. The fraction of sp³-hybridized carbons (Fsp3) is 0.211. The van der Waals surface area contributed by atoms with Crippen molar-refractivity contribution in [3.05, 3.63) is 60.4 Å². The van der Waals surface area contributed by atoms with Gasteiger partial charge in [-0.1, -0.05) is 24.3 Å². The average Bonchev–Trinajstić information content (AvgIpc) is 2.66. The number of methoxy groups -OCH3 is 1. The molecule has 3 rings (SSSR count). The molecule has 0 aliphatic heterocycles. The number of likely N-dealkylation sites (N-methyl/N-ethyl adjacent to an activating group) is 1. The first-order valence-corrected chi connectivity index (χ1v) is 7.98. The SMILES string of the molecule is COc1ccc(CNC(=O)CN(C)c2ncnc3ccccc23)cc1. The number of carbonyl (C=O) groups is 1. The zero-order valence-corrected chi connectivity index (χ0v) is 14.3. The highest BCUT2D eigenvalue weighted by molar-refractivity contribution is 5.91. The van der Waals surface area contributed by atoms with E-state index in [0.717, 1.165) is 28.0 Å². The number of hydrogen-bond acceptors (Lipinski definition) is 5. The number of hydrogen-bond donors (Lipinski definition) is 1. The third kappa shape index (κ3) is 4.03. The minimum atomic E-state index is -0.0685. The summed E-state index contributed by atoms with van der Waals surface area (Å²) in [5, 5.41) is 3.85. The molecule has 0 fully saturated rings. The second kappa shape index (κ2) is 7.61. The summed E-state index contributed by atoms with van der Waals surface area (Å²) in [6, 6.07) is 15.4. The van der Waals surface area contributed by atoms with E-state index in [9.17, 15) is 4.79 Å². The van der Waals surface area contributed by atoms with Crippen LogP contribution in [0.2, 0.25) is 0 Å². The number of amides is 1. The number of anilines is 1. The minimum Gasteiger partial charge on any atom is -0.497 e. The summed E-state index contributed by atoms with van der Waals surface area (Å²) in [4.78, 5) is 22.6. The van der Waals surface area contributed by atoms with Gasteiger partial charge in [-0.05, 0) is 29.8 Å². The number of nitrogens with one attached hydrogen (secondary N) is 1. The average molecular weight is 336 g/mol. The van der Waals surface area contributed by atoms with Gasteiger partial charge in [0.2, 0.25) is 5.91 Å².